The topological polar surface area (TPSA) is 101 Å². The third-order valence-electron chi connectivity index (χ3n) is 3.31. The molecule has 2 aromatic heterocycles. The van der Waals surface area contributed by atoms with Crippen LogP contribution in [0.2, 0.25) is 5.02 Å². The highest BCUT2D eigenvalue weighted by atomic mass is 35.5. The van der Waals surface area contributed by atoms with Crippen molar-refractivity contribution in [1.82, 2.24) is 25.0 Å². The van der Waals surface area contributed by atoms with Crippen molar-refractivity contribution >= 4 is 40.2 Å². The number of aryl methyl sites for hydroxylation is 1. The molecule has 3 rings (SSSR count). The number of hydrogen-bond donors (Lipinski definition) is 3. The van der Waals surface area contributed by atoms with E-state index in [0.717, 1.165) is 5.69 Å². The number of nitrogens with one attached hydrogen (secondary N) is 2. The van der Waals surface area contributed by atoms with E-state index in [1.165, 1.54) is 0 Å². The van der Waals surface area contributed by atoms with Crippen molar-refractivity contribution in [3.05, 3.63) is 29.3 Å². The number of fused-ring (bicyclic) bond motifs is 1. The molecule has 0 radical (unpaired) electrons. The first-order chi connectivity index (χ1) is 11.6. The van der Waals surface area contributed by atoms with Crippen LogP contribution in [0.25, 0.3) is 11.2 Å². The van der Waals surface area contributed by atoms with E-state index in [0.29, 0.717) is 41.0 Å². The fourth-order valence-corrected chi connectivity index (χ4v) is 2.37. The lowest BCUT2D eigenvalue weighted by molar-refractivity contribution is 0.208. The number of anilines is 3. The van der Waals surface area contributed by atoms with Crippen LogP contribution in [0, 0.1) is 0 Å². The fraction of sp³-hybridized carbons (Fsp3) is 0.333. The van der Waals surface area contributed by atoms with E-state index in [4.69, 9.17) is 11.6 Å². The molecular weight excluding hydrogens is 330 g/mol. The van der Waals surface area contributed by atoms with E-state index < -0.39 is 6.10 Å². The Bertz CT molecular complexity index is 849. The number of aliphatic hydroxyl groups is 1. The number of nitrogens with zero attached hydrogens (tertiary/aromatic N) is 5. The number of benzene rings is 1. The summed E-state index contributed by atoms with van der Waals surface area (Å²) in [4.78, 5) is 8.88. The highest BCUT2D eigenvalue weighted by molar-refractivity contribution is 6.30. The van der Waals surface area contributed by atoms with Gasteiger partial charge >= 0.3 is 0 Å². The van der Waals surface area contributed by atoms with E-state index >= 15 is 0 Å². The molecule has 3 aromatic rings. The number of hydrogen-bond acceptors (Lipinski definition) is 7. The van der Waals surface area contributed by atoms with Crippen LogP contribution >= 0.6 is 11.6 Å². The van der Waals surface area contributed by atoms with E-state index in [1.54, 1.807) is 23.7 Å². The molecule has 126 valence electrons. The molecule has 1 atom stereocenters. The van der Waals surface area contributed by atoms with E-state index in [2.05, 4.69) is 30.9 Å². The van der Waals surface area contributed by atoms with Gasteiger partial charge in [0.25, 0.3) is 0 Å². The van der Waals surface area contributed by atoms with Crippen molar-refractivity contribution in [3.8, 4) is 0 Å². The summed E-state index contributed by atoms with van der Waals surface area (Å²) >= 11 is 6.03. The van der Waals surface area contributed by atoms with Gasteiger partial charge in [-0.2, -0.15) is 9.97 Å². The highest BCUT2D eigenvalue weighted by Crippen LogP contribution is 2.25. The van der Waals surface area contributed by atoms with Gasteiger partial charge in [-0.05, 0) is 32.0 Å². The number of halogens is 1. The average molecular weight is 348 g/mol. The maximum absolute atomic E-state index is 9.44. The molecule has 8 nitrogen and oxygen atoms in total. The summed E-state index contributed by atoms with van der Waals surface area (Å²) in [6.07, 6.45) is -0.511. The lowest BCUT2D eigenvalue weighted by Gasteiger charge is -2.11. The Morgan fingerprint density at radius 2 is 2.17 bits per heavy atom. The molecule has 0 amide bonds. The summed E-state index contributed by atoms with van der Waals surface area (Å²) in [6.45, 7) is 4.63. The van der Waals surface area contributed by atoms with E-state index in [9.17, 15) is 5.11 Å². The Labute approximate surface area is 143 Å². The molecule has 2 heterocycles. The van der Waals surface area contributed by atoms with Crippen molar-refractivity contribution < 1.29 is 5.11 Å². The zero-order chi connectivity index (χ0) is 17.1. The molecule has 0 spiro atoms. The van der Waals surface area contributed by atoms with Crippen molar-refractivity contribution in [2.45, 2.75) is 26.5 Å². The van der Waals surface area contributed by atoms with Crippen molar-refractivity contribution in [2.75, 3.05) is 17.2 Å². The van der Waals surface area contributed by atoms with Crippen LogP contribution in [0.3, 0.4) is 0 Å². The maximum Gasteiger partial charge on any atom is 0.226 e. The van der Waals surface area contributed by atoms with Gasteiger partial charge in [-0.3, -0.25) is 0 Å². The Kier molecular flexibility index (Phi) is 4.77. The first-order valence-electron chi connectivity index (χ1n) is 7.62. The highest BCUT2D eigenvalue weighted by Gasteiger charge is 2.14. The van der Waals surface area contributed by atoms with Gasteiger partial charge in [0.1, 0.15) is 0 Å². The Morgan fingerprint density at radius 1 is 1.33 bits per heavy atom. The molecule has 1 unspecified atom stereocenters. The third kappa shape index (κ3) is 3.55. The zero-order valence-electron chi connectivity index (χ0n) is 13.4. The second-order valence-electron chi connectivity index (χ2n) is 5.34. The molecule has 3 N–H and O–H groups in total. The second kappa shape index (κ2) is 6.98. The minimum atomic E-state index is -0.511. The summed E-state index contributed by atoms with van der Waals surface area (Å²) in [5.41, 5.74) is 1.97. The Balaban J connectivity index is 2.02. The number of aliphatic hydroxyl groups excluding tert-OH is 1. The molecule has 0 aliphatic rings. The van der Waals surface area contributed by atoms with Crippen LogP contribution in [0.1, 0.15) is 13.8 Å². The van der Waals surface area contributed by atoms with Gasteiger partial charge in [0.05, 0.1) is 6.10 Å². The van der Waals surface area contributed by atoms with Crippen molar-refractivity contribution in [3.63, 3.8) is 0 Å². The van der Waals surface area contributed by atoms with Gasteiger partial charge in [-0.1, -0.05) is 22.9 Å². The Hall–Kier alpha value is -2.45. The summed E-state index contributed by atoms with van der Waals surface area (Å²) in [5.74, 6) is 0.917. The molecule has 0 aliphatic heterocycles. The molecule has 0 saturated heterocycles. The summed E-state index contributed by atoms with van der Waals surface area (Å²) in [6, 6.07) is 7.32. The minimum Gasteiger partial charge on any atom is -0.392 e. The van der Waals surface area contributed by atoms with Crippen molar-refractivity contribution in [1.29, 1.82) is 0 Å². The maximum atomic E-state index is 9.44. The van der Waals surface area contributed by atoms with Gasteiger partial charge in [0.2, 0.25) is 5.95 Å². The normalized spacial score (nSPS) is 12.3. The van der Waals surface area contributed by atoms with E-state index in [1.807, 2.05) is 19.1 Å². The minimum absolute atomic E-state index is 0.343. The van der Waals surface area contributed by atoms with Crippen LogP contribution in [0.4, 0.5) is 17.5 Å². The van der Waals surface area contributed by atoms with Gasteiger partial charge in [-0.15, -0.1) is 5.10 Å². The number of rotatable bonds is 6. The first-order valence-corrected chi connectivity index (χ1v) is 8.00. The quantitative estimate of drug-likeness (QED) is 0.629. The first kappa shape index (κ1) is 16.4. The fourth-order valence-electron chi connectivity index (χ4n) is 2.18. The van der Waals surface area contributed by atoms with Crippen LogP contribution in [-0.4, -0.2) is 42.7 Å². The molecule has 0 saturated carbocycles. The molecule has 9 heteroatoms. The summed E-state index contributed by atoms with van der Waals surface area (Å²) < 4.78 is 1.69. The number of aromatic nitrogens is 5. The second-order valence-corrected chi connectivity index (χ2v) is 5.77. The third-order valence-corrected chi connectivity index (χ3v) is 3.54. The van der Waals surface area contributed by atoms with Crippen LogP contribution in [0.5, 0.6) is 0 Å². The van der Waals surface area contributed by atoms with Gasteiger partial charge in [-0.25, -0.2) is 4.68 Å². The molecule has 1 aromatic carbocycles. The van der Waals surface area contributed by atoms with Crippen LogP contribution in [0.15, 0.2) is 24.3 Å². The smallest absolute Gasteiger partial charge is 0.226 e. The molecule has 0 bridgehead atoms. The summed E-state index contributed by atoms with van der Waals surface area (Å²) in [5, 5.41) is 24.5. The van der Waals surface area contributed by atoms with Gasteiger partial charge in [0, 0.05) is 23.8 Å². The molecule has 24 heavy (non-hydrogen) atoms. The largest absolute Gasteiger partial charge is 0.392 e. The Morgan fingerprint density at radius 3 is 2.88 bits per heavy atom. The molecular formula is C15H18ClN7O. The monoisotopic (exact) mass is 347 g/mol. The molecule has 0 aliphatic carbocycles. The van der Waals surface area contributed by atoms with E-state index in [-0.39, 0.29) is 0 Å². The lowest BCUT2D eigenvalue weighted by Crippen LogP contribution is -2.17. The van der Waals surface area contributed by atoms with Crippen molar-refractivity contribution in [2.24, 2.45) is 0 Å². The predicted molar refractivity (Wildman–Crippen MR) is 93.7 cm³/mol. The van der Waals surface area contributed by atoms with Crippen LogP contribution in [-0.2, 0) is 6.54 Å². The van der Waals surface area contributed by atoms with Gasteiger partial charge in [0.15, 0.2) is 17.0 Å². The SMILES string of the molecule is CCn1nnc2c(Nc3cccc(Cl)c3)nc(NCC(C)O)nc21. The lowest BCUT2D eigenvalue weighted by atomic mass is 10.3. The summed E-state index contributed by atoms with van der Waals surface area (Å²) in [7, 11) is 0. The average Bonchev–Trinajstić information content (AvgIpc) is 2.96. The standard InChI is InChI=1S/C15H18ClN7O/c1-3-23-14-12(21-22-23)13(18-11-6-4-5-10(16)7-11)19-15(20-14)17-8-9(2)24/h4-7,9,24H,3,8H2,1-2H3,(H2,17,18,19,20). The predicted octanol–water partition coefficient (Wildman–Crippen LogP) is 2.43. The molecule has 0 fully saturated rings. The zero-order valence-corrected chi connectivity index (χ0v) is 14.1. The van der Waals surface area contributed by atoms with Crippen LogP contribution < -0.4 is 10.6 Å². The van der Waals surface area contributed by atoms with Gasteiger partial charge < -0.3 is 15.7 Å².